The van der Waals surface area contributed by atoms with E-state index in [-0.39, 0.29) is 18.2 Å². The third kappa shape index (κ3) is 4.45. The summed E-state index contributed by atoms with van der Waals surface area (Å²) in [6.07, 6.45) is 5.38. The number of rotatable bonds is 6. The number of aliphatic hydroxyl groups excluding tert-OH is 1. The first-order valence-electron chi connectivity index (χ1n) is 8.18. The first-order chi connectivity index (χ1) is 10.1. The second-order valence-corrected chi connectivity index (χ2v) is 6.52. The monoisotopic (exact) mass is 291 g/mol. The molecule has 2 N–H and O–H groups in total. The van der Waals surface area contributed by atoms with Crippen LogP contribution in [0.2, 0.25) is 0 Å². The van der Waals surface area contributed by atoms with Crippen LogP contribution < -0.4 is 10.1 Å². The largest absolute Gasteiger partial charge is 0.490 e. The summed E-state index contributed by atoms with van der Waals surface area (Å²) in [4.78, 5) is 0. The molecular formula is C18H29NO2. The second kappa shape index (κ2) is 7.28. The SMILES string of the molecule is CCCNC1(CO)CCCC(Oc2cc(C)cc(C)c2)C1. The van der Waals surface area contributed by atoms with Crippen molar-refractivity contribution in [3.8, 4) is 5.75 Å². The minimum absolute atomic E-state index is 0.155. The first kappa shape index (κ1) is 16.3. The number of hydrogen-bond donors (Lipinski definition) is 2. The van der Waals surface area contributed by atoms with Gasteiger partial charge in [-0.3, -0.25) is 0 Å². The minimum Gasteiger partial charge on any atom is -0.490 e. The summed E-state index contributed by atoms with van der Waals surface area (Å²) in [6.45, 7) is 7.50. The fourth-order valence-electron chi connectivity index (χ4n) is 3.35. The molecule has 21 heavy (non-hydrogen) atoms. The summed E-state index contributed by atoms with van der Waals surface area (Å²) in [5.41, 5.74) is 2.31. The minimum atomic E-state index is -0.155. The van der Waals surface area contributed by atoms with Gasteiger partial charge in [-0.15, -0.1) is 0 Å². The van der Waals surface area contributed by atoms with Crippen molar-refractivity contribution in [2.75, 3.05) is 13.2 Å². The van der Waals surface area contributed by atoms with E-state index in [2.05, 4.69) is 44.3 Å². The number of benzene rings is 1. The van der Waals surface area contributed by atoms with E-state index in [1.54, 1.807) is 0 Å². The molecule has 3 nitrogen and oxygen atoms in total. The first-order valence-corrected chi connectivity index (χ1v) is 8.18. The van der Waals surface area contributed by atoms with Gasteiger partial charge in [0.05, 0.1) is 6.61 Å². The quantitative estimate of drug-likeness (QED) is 0.844. The molecule has 1 aliphatic rings. The topological polar surface area (TPSA) is 41.5 Å². The van der Waals surface area contributed by atoms with Crippen molar-refractivity contribution in [1.29, 1.82) is 0 Å². The van der Waals surface area contributed by atoms with Gasteiger partial charge in [-0.25, -0.2) is 0 Å². The van der Waals surface area contributed by atoms with Gasteiger partial charge in [0.2, 0.25) is 0 Å². The van der Waals surface area contributed by atoms with Crippen LogP contribution in [0.15, 0.2) is 18.2 Å². The Morgan fingerprint density at radius 2 is 2.00 bits per heavy atom. The van der Waals surface area contributed by atoms with E-state index >= 15 is 0 Å². The molecule has 1 aliphatic carbocycles. The molecule has 3 heteroatoms. The Labute approximate surface area is 128 Å². The number of aryl methyl sites for hydroxylation is 2. The average molecular weight is 291 g/mol. The Morgan fingerprint density at radius 3 is 2.62 bits per heavy atom. The zero-order valence-corrected chi connectivity index (χ0v) is 13.6. The summed E-state index contributed by atoms with van der Waals surface area (Å²) in [7, 11) is 0. The molecule has 1 saturated carbocycles. The normalized spacial score (nSPS) is 25.8. The Bertz CT molecular complexity index is 440. The molecule has 0 amide bonds. The highest BCUT2D eigenvalue weighted by Gasteiger charge is 2.36. The lowest BCUT2D eigenvalue weighted by Gasteiger charge is -2.40. The summed E-state index contributed by atoms with van der Waals surface area (Å²) in [5, 5.41) is 13.4. The lowest BCUT2D eigenvalue weighted by atomic mass is 9.80. The molecule has 0 heterocycles. The third-order valence-corrected chi connectivity index (χ3v) is 4.35. The Balaban J connectivity index is 2.03. The molecule has 0 aromatic heterocycles. The Kier molecular flexibility index (Phi) is 5.65. The van der Waals surface area contributed by atoms with Crippen molar-refractivity contribution in [2.45, 2.75) is 64.5 Å². The highest BCUT2D eigenvalue weighted by Crippen LogP contribution is 2.31. The van der Waals surface area contributed by atoms with E-state index in [0.717, 1.165) is 44.4 Å². The van der Waals surface area contributed by atoms with Crippen LogP contribution in [0.25, 0.3) is 0 Å². The lowest BCUT2D eigenvalue weighted by Crippen LogP contribution is -2.53. The van der Waals surface area contributed by atoms with Gasteiger partial charge in [-0.2, -0.15) is 0 Å². The summed E-state index contributed by atoms with van der Waals surface area (Å²) in [5.74, 6) is 0.960. The van der Waals surface area contributed by atoms with E-state index in [1.807, 2.05) is 0 Å². The van der Waals surface area contributed by atoms with E-state index in [1.165, 1.54) is 11.1 Å². The molecule has 1 aromatic rings. The van der Waals surface area contributed by atoms with Gasteiger partial charge in [-0.05, 0) is 69.3 Å². The van der Waals surface area contributed by atoms with Crippen LogP contribution in [-0.2, 0) is 0 Å². The molecule has 0 radical (unpaired) electrons. The van der Waals surface area contributed by atoms with Gasteiger partial charge in [0.1, 0.15) is 11.9 Å². The van der Waals surface area contributed by atoms with Gasteiger partial charge < -0.3 is 15.2 Å². The van der Waals surface area contributed by atoms with E-state index in [9.17, 15) is 5.11 Å². The highest BCUT2D eigenvalue weighted by molar-refractivity contribution is 5.33. The van der Waals surface area contributed by atoms with Crippen molar-refractivity contribution in [2.24, 2.45) is 0 Å². The third-order valence-electron chi connectivity index (χ3n) is 4.35. The lowest BCUT2D eigenvalue weighted by molar-refractivity contribution is 0.0510. The van der Waals surface area contributed by atoms with Crippen LogP contribution in [0.4, 0.5) is 0 Å². The van der Waals surface area contributed by atoms with Gasteiger partial charge in [0.25, 0.3) is 0 Å². The van der Waals surface area contributed by atoms with E-state index in [0.29, 0.717) is 0 Å². The van der Waals surface area contributed by atoms with Crippen molar-refractivity contribution >= 4 is 0 Å². The number of nitrogens with one attached hydrogen (secondary N) is 1. The van der Waals surface area contributed by atoms with Gasteiger partial charge >= 0.3 is 0 Å². The van der Waals surface area contributed by atoms with Gasteiger partial charge in [0.15, 0.2) is 0 Å². The molecule has 2 atom stereocenters. The van der Waals surface area contributed by atoms with Gasteiger partial charge in [0, 0.05) is 12.0 Å². The smallest absolute Gasteiger partial charge is 0.120 e. The maximum atomic E-state index is 9.82. The van der Waals surface area contributed by atoms with Gasteiger partial charge in [-0.1, -0.05) is 13.0 Å². The van der Waals surface area contributed by atoms with Crippen LogP contribution in [0, 0.1) is 13.8 Å². The fraction of sp³-hybridized carbons (Fsp3) is 0.667. The maximum absolute atomic E-state index is 9.82. The van der Waals surface area contributed by atoms with Crippen LogP contribution in [-0.4, -0.2) is 29.9 Å². The molecule has 0 bridgehead atoms. The summed E-state index contributed by atoms with van der Waals surface area (Å²) < 4.78 is 6.20. The number of aliphatic hydroxyl groups is 1. The zero-order chi connectivity index (χ0) is 15.3. The second-order valence-electron chi connectivity index (χ2n) is 6.52. The molecule has 1 fully saturated rings. The molecule has 118 valence electrons. The maximum Gasteiger partial charge on any atom is 0.120 e. The Hall–Kier alpha value is -1.06. The van der Waals surface area contributed by atoms with Crippen molar-refractivity contribution in [3.63, 3.8) is 0 Å². The fourth-order valence-corrected chi connectivity index (χ4v) is 3.35. The summed E-state index contributed by atoms with van der Waals surface area (Å²) in [6, 6.07) is 6.36. The number of ether oxygens (including phenoxy) is 1. The van der Waals surface area contributed by atoms with Crippen LogP contribution in [0.5, 0.6) is 5.75 Å². The molecule has 1 aromatic carbocycles. The predicted molar refractivity (Wildman–Crippen MR) is 86.9 cm³/mol. The van der Waals surface area contributed by atoms with Crippen molar-refractivity contribution < 1.29 is 9.84 Å². The Morgan fingerprint density at radius 1 is 1.29 bits per heavy atom. The van der Waals surface area contributed by atoms with Crippen LogP contribution in [0.1, 0.15) is 50.2 Å². The van der Waals surface area contributed by atoms with E-state index in [4.69, 9.17) is 4.74 Å². The molecular weight excluding hydrogens is 262 g/mol. The molecule has 2 unspecified atom stereocenters. The van der Waals surface area contributed by atoms with Crippen LogP contribution in [0.3, 0.4) is 0 Å². The predicted octanol–water partition coefficient (Wildman–Crippen LogP) is 3.36. The van der Waals surface area contributed by atoms with Crippen molar-refractivity contribution in [1.82, 2.24) is 5.32 Å². The highest BCUT2D eigenvalue weighted by atomic mass is 16.5. The van der Waals surface area contributed by atoms with Crippen molar-refractivity contribution in [3.05, 3.63) is 29.3 Å². The van der Waals surface area contributed by atoms with Crippen LogP contribution >= 0.6 is 0 Å². The zero-order valence-electron chi connectivity index (χ0n) is 13.6. The summed E-state index contributed by atoms with van der Waals surface area (Å²) >= 11 is 0. The number of hydrogen-bond acceptors (Lipinski definition) is 3. The molecule has 0 aliphatic heterocycles. The average Bonchev–Trinajstić information content (AvgIpc) is 2.44. The van der Waals surface area contributed by atoms with E-state index < -0.39 is 0 Å². The standard InChI is InChI=1S/C18H29NO2/c1-4-8-19-18(13-20)7-5-6-16(12-18)21-17-10-14(2)9-15(3)11-17/h9-11,16,19-20H,4-8,12-13H2,1-3H3. The molecule has 0 spiro atoms. The molecule has 0 saturated heterocycles. The molecule has 2 rings (SSSR count).